The van der Waals surface area contributed by atoms with Crippen molar-refractivity contribution in [3.63, 3.8) is 0 Å². The second-order valence-corrected chi connectivity index (χ2v) is 9.04. The molecule has 0 atom stereocenters. The zero-order chi connectivity index (χ0) is 21.3. The molecule has 0 saturated carbocycles. The summed E-state index contributed by atoms with van der Waals surface area (Å²) in [7, 11) is 0. The predicted octanol–water partition coefficient (Wildman–Crippen LogP) is 9.54. The Balaban J connectivity index is 3.02. The van der Waals surface area contributed by atoms with E-state index in [-0.39, 0.29) is 5.97 Å². The molecule has 0 rings (SSSR count). The van der Waals surface area contributed by atoms with Crippen molar-refractivity contribution in [2.45, 2.75) is 162 Å². The molecule has 0 aliphatic heterocycles. The Morgan fingerprint density at radius 2 is 0.759 bits per heavy atom. The molecule has 29 heavy (non-hydrogen) atoms. The Morgan fingerprint density at radius 3 is 1.07 bits per heavy atom. The molecule has 0 N–H and O–H groups in total. The highest BCUT2D eigenvalue weighted by Crippen LogP contribution is 2.15. The van der Waals surface area contributed by atoms with Crippen molar-refractivity contribution in [1.29, 1.82) is 0 Å². The second kappa shape index (κ2) is 25.5. The largest absolute Gasteiger partial charge is 0.466 e. The van der Waals surface area contributed by atoms with Crippen LogP contribution in [0.1, 0.15) is 162 Å². The summed E-state index contributed by atoms with van der Waals surface area (Å²) in [6.45, 7) is 4.93. The molecule has 0 saturated heterocycles. The molecule has 0 unspecified atom stereocenters. The van der Waals surface area contributed by atoms with Gasteiger partial charge in [-0.2, -0.15) is 0 Å². The summed E-state index contributed by atoms with van der Waals surface area (Å²) in [6.07, 6.45) is 30.9. The smallest absolute Gasteiger partial charge is 0.305 e. The predicted molar refractivity (Wildman–Crippen MR) is 128 cm³/mol. The minimum Gasteiger partial charge on any atom is -0.466 e. The Bertz CT molecular complexity index is 314. The molecule has 0 radical (unpaired) electrons. The van der Waals surface area contributed by atoms with Gasteiger partial charge in [0, 0.05) is 6.42 Å². The first-order valence-corrected chi connectivity index (χ1v) is 13.5. The Labute approximate surface area is 184 Å². The summed E-state index contributed by atoms with van der Waals surface area (Å²) in [5, 5.41) is 0. The van der Waals surface area contributed by atoms with Crippen LogP contribution in [0.4, 0.5) is 0 Å². The van der Waals surface area contributed by atoms with Crippen molar-refractivity contribution in [3.05, 3.63) is 0 Å². The molecule has 0 aromatic rings. The van der Waals surface area contributed by atoms with Crippen LogP contribution in [0.2, 0.25) is 0 Å². The lowest BCUT2D eigenvalue weighted by molar-refractivity contribution is -0.143. The van der Waals surface area contributed by atoms with E-state index in [1.165, 1.54) is 128 Å². The van der Waals surface area contributed by atoms with Crippen LogP contribution in [0.5, 0.6) is 0 Å². The van der Waals surface area contributed by atoms with E-state index in [2.05, 4.69) is 6.92 Å². The van der Waals surface area contributed by atoms with Gasteiger partial charge < -0.3 is 4.74 Å². The van der Waals surface area contributed by atoms with Crippen LogP contribution in [0, 0.1) is 0 Å². The highest BCUT2D eigenvalue weighted by atomic mass is 16.5. The fourth-order valence-electron chi connectivity index (χ4n) is 4.00. The number of hydrogen-bond acceptors (Lipinski definition) is 2. The molecule has 0 fully saturated rings. The zero-order valence-corrected chi connectivity index (χ0v) is 20.3. The van der Waals surface area contributed by atoms with Gasteiger partial charge in [0.2, 0.25) is 0 Å². The minimum atomic E-state index is -0.0272. The third kappa shape index (κ3) is 25.4. The fraction of sp³-hybridized carbons (Fsp3) is 0.963. The highest BCUT2D eigenvalue weighted by Gasteiger charge is 2.00. The van der Waals surface area contributed by atoms with Gasteiger partial charge >= 0.3 is 5.97 Å². The number of carbonyl (C=O) groups is 1. The molecule has 174 valence electrons. The summed E-state index contributed by atoms with van der Waals surface area (Å²) in [4.78, 5) is 11.2. The van der Waals surface area contributed by atoms with Crippen LogP contribution in [0.25, 0.3) is 0 Å². The molecule has 0 aromatic heterocycles. The van der Waals surface area contributed by atoms with Crippen LogP contribution < -0.4 is 0 Å². The third-order valence-corrected chi connectivity index (χ3v) is 5.97. The van der Waals surface area contributed by atoms with Gasteiger partial charge in [0.25, 0.3) is 0 Å². The molecule has 0 spiro atoms. The van der Waals surface area contributed by atoms with Crippen molar-refractivity contribution < 1.29 is 9.53 Å². The number of carbonyl (C=O) groups excluding carboxylic acids is 1. The number of rotatable bonds is 24. The number of ether oxygens (including phenoxy) is 1. The molecule has 2 heteroatoms. The quantitative estimate of drug-likeness (QED) is 0.117. The Kier molecular flexibility index (Phi) is 25.0. The van der Waals surface area contributed by atoms with Gasteiger partial charge in [-0.05, 0) is 12.8 Å². The summed E-state index contributed by atoms with van der Waals surface area (Å²) < 4.78 is 5.18. The van der Waals surface area contributed by atoms with Crippen LogP contribution in [-0.2, 0) is 9.53 Å². The third-order valence-electron chi connectivity index (χ3n) is 5.97. The van der Waals surface area contributed by atoms with Crippen molar-refractivity contribution in [2.24, 2.45) is 0 Å². The second-order valence-electron chi connectivity index (χ2n) is 9.04. The Morgan fingerprint density at radius 1 is 0.448 bits per heavy atom. The van der Waals surface area contributed by atoms with Crippen molar-refractivity contribution in [3.8, 4) is 0 Å². The van der Waals surface area contributed by atoms with Crippen LogP contribution in [0.3, 0.4) is 0 Å². The highest BCUT2D eigenvalue weighted by molar-refractivity contribution is 5.69. The zero-order valence-electron chi connectivity index (χ0n) is 20.3. The fourth-order valence-corrected chi connectivity index (χ4v) is 4.00. The van der Waals surface area contributed by atoms with E-state index in [9.17, 15) is 4.79 Å². The summed E-state index contributed by atoms with van der Waals surface area (Å²) in [5.41, 5.74) is 0. The molecule has 0 heterocycles. The molecule has 0 amide bonds. The van der Waals surface area contributed by atoms with Crippen molar-refractivity contribution in [2.75, 3.05) is 6.61 Å². The summed E-state index contributed by atoms with van der Waals surface area (Å²) >= 11 is 0. The van der Waals surface area contributed by atoms with Gasteiger partial charge in [0.05, 0.1) is 6.61 Å². The standard InChI is InChI=1S/C27H54O2/c1-3-5-6-7-8-9-10-11-12-13-14-15-16-17-18-19-20-21-22-23-24-26-29-27(28)25-4-2/h3-26H2,1-2H3. The van der Waals surface area contributed by atoms with E-state index in [1.807, 2.05) is 6.92 Å². The van der Waals surface area contributed by atoms with Crippen molar-refractivity contribution in [1.82, 2.24) is 0 Å². The maximum atomic E-state index is 11.2. The molecule has 0 aromatic carbocycles. The normalized spacial score (nSPS) is 11.1. The first-order valence-electron chi connectivity index (χ1n) is 13.5. The van der Waals surface area contributed by atoms with Gasteiger partial charge in [0.1, 0.15) is 0 Å². The van der Waals surface area contributed by atoms with E-state index < -0.39 is 0 Å². The first-order chi connectivity index (χ1) is 14.3. The summed E-state index contributed by atoms with van der Waals surface area (Å²) in [5.74, 6) is -0.0272. The molecular formula is C27H54O2. The SMILES string of the molecule is CCCCCCCCCCCCCCCCCCCCCCCOC(=O)CCC. The average molecular weight is 411 g/mol. The van der Waals surface area contributed by atoms with Crippen molar-refractivity contribution >= 4 is 5.97 Å². The lowest BCUT2D eigenvalue weighted by Gasteiger charge is -2.05. The van der Waals surface area contributed by atoms with Gasteiger partial charge in [-0.25, -0.2) is 0 Å². The number of hydrogen-bond donors (Lipinski definition) is 0. The van der Waals surface area contributed by atoms with Gasteiger partial charge in [-0.3, -0.25) is 4.79 Å². The van der Waals surface area contributed by atoms with Crippen LogP contribution in [-0.4, -0.2) is 12.6 Å². The lowest BCUT2D eigenvalue weighted by atomic mass is 10.0. The minimum absolute atomic E-state index is 0.0272. The van der Waals surface area contributed by atoms with E-state index in [4.69, 9.17) is 4.74 Å². The lowest BCUT2D eigenvalue weighted by Crippen LogP contribution is -2.04. The monoisotopic (exact) mass is 410 g/mol. The van der Waals surface area contributed by atoms with Gasteiger partial charge in [-0.1, -0.05) is 142 Å². The number of esters is 1. The number of unbranched alkanes of at least 4 members (excludes halogenated alkanes) is 20. The van der Waals surface area contributed by atoms with E-state index in [1.54, 1.807) is 0 Å². The molecule has 2 nitrogen and oxygen atoms in total. The van der Waals surface area contributed by atoms with E-state index in [0.717, 1.165) is 12.8 Å². The van der Waals surface area contributed by atoms with Crippen LogP contribution in [0.15, 0.2) is 0 Å². The van der Waals surface area contributed by atoms with Gasteiger partial charge in [-0.15, -0.1) is 0 Å². The first kappa shape index (κ1) is 28.5. The molecule has 0 aliphatic rings. The topological polar surface area (TPSA) is 26.3 Å². The maximum Gasteiger partial charge on any atom is 0.305 e. The van der Waals surface area contributed by atoms with Crippen LogP contribution >= 0.6 is 0 Å². The maximum absolute atomic E-state index is 11.2. The van der Waals surface area contributed by atoms with Gasteiger partial charge in [0.15, 0.2) is 0 Å². The van der Waals surface area contributed by atoms with E-state index in [0.29, 0.717) is 13.0 Å². The molecular weight excluding hydrogens is 356 g/mol. The summed E-state index contributed by atoms with van der Waals surface area (Å²) in [6, 6.07) is 0. The molecule has 0 aliphatic carbocycles. The molecule has 0 bridgehead atoms. The average Bonchev–Trinajstić information content (AvgIpc) is 2.72. The van der Waals surface area contributed by atoms with E-state index >= 15 is 0 Å². The Hall–Kier alpha value is -0.530.